The van der Waals surface area contributed by atoms with Crippen molar-refractivity contribution in [3.8, 4) is 0 Å². The largest absolute Gasteiger partial charge is 0.364 e. The molecular formula is C21H22N2. The molecule has 0 saturated heterocycles. The zero-order chi connectivity index (χ0) is 15.5. The van der Waals surface area contributed by atoms with Crippen LogP contribution in [0.4, 0.5) is 11.4 Å². The molecule has 2 nitrogen and oxygen atoms in total. The highest BCUT2D eigenvalue weighted by Gasteiger charge is 2.08. The maximum Gasteiger partial charge on any atom is 0.0372 e. The standard InChI is InChI=1S/C21H22N2/c1-2-14-22(13-1)20-9-5-18(6-10-20)17-19-7-11-21(12-8-19)23-15-3-4-16-23/h1-12H,13-17H2. The zero-order valence-electron chi connectivity index (χ0n) is 13.4. The van der Waals surface area contributed by atoms with Gasteiger partial charge in [0, 0.05) is 37.6 Å². The van der Waals surface area contributed by atoms with Gasteiger partial charge >= 0.3 is 0 Å². The second kappa shape index (κ2) is 6.33. The number of hydrogen-bond acceptors (Lipinski definition) is 2. The van der Waals surface area contributed by atoms with Gasteiger partial charge in [-0.3, -0.25) is 0 Å². The van der Waals surface area contributed by atoms with Gasteiger partial charge in [-0.15, -0.1) is 0 Å². The Morgan fingerprint density at radius 1 is 0.522 bits per heavy atom. The van der Waals surface area contributed by atoms with Crippen LogP contribution < -0.4 is 9.80 Å². The lowest BCUT2D eigenvalue weighted by atomic mass is 10.0. The minimum Gasteiger partial charge on any atom is -0.364 e. The number of nitrogens with zero attached hydrogens (tertiary/aromatic N) is 2. The lowest BCUT2D eigenvalue weighted by Gasteiger charge is -2.18. The molecule has 2 heterocycles. The zero-order valence-corrected chi connectivity index (χ0v) is 13.4. The van der Waals surface area contributed by atoms with E-state index >= 15 is 0 Å². The highest BCUT2D eigenvalue weighted by atomic mass is 15.1. The molecular weight excluding hydrogens is 280 g/mol. The van der Waals surface area contributed by atoms with Crippen LogP contribution in [-0.2, 0) is 6.42 Å². The van der Waals surface area contributed by atoms with E-state index < -0.39 is 0 Å². The average molecular weight is 302 g/mol. The first kappa shape index (κ1) is 14.1. The maximum absolute atomic E-state index is 2.38. The molecule has 0 N–H and O–H groups in total. The van der Waals surface area contributed by atoms with Crippen LogP contribution in [-0.4, -0.2) is 26.2 Å². The summed E-state index contributed by atoms with van der Waals surface area (Å²) in [7, 11) is 0. The molecule has 4 rings (SSSR count). The van der Waals surface area contributed by atoms with E-state index in [4.69, 9.17) is 0 Å². The predicted molar refractivity (Wildman–Crippen MR) is 98.4 cm³/mol. The van der Waals surface area contributed by atoms with Crippen molar-refractivity contribution < 1.29 is 0 Å². The van der Waals surface area contributed by atoms with Crippen LogP contribution >= 0.6 is 0 Å². The minimum atomic E-state index is 0.997. The lowest BCUT2D eigenvalue weighted by Crippen LogP contribution is -2.18. The fraction of sp³-hybridized carbons (Fsp3) is 0.238. The third kappa shape index (κ3) is 3.16. The van der Waals surface area contributed by atoms with Crippen molar-refractivity contribution >= 4 is 11.4 Å². The molecule has 0 fully saturated rings. The summed E-state index contributed by atoms with van der Waals surface area (Å²) in [5, 5.41) is 0. The minimum absolute atomic E-state index is 0.997. The van der Waals surface area contributed by atoms with Gasteiger partial charge < -0.3 is 9.80 Å². The highest BCUT2D eigenvalue weighted by Crippen LogP contribution is 2.21. The van der Waals surface area contributed by atoms with Crippen molar-refractivity contribution in [2.45, 2.75) is 6.42 Å². The van der Waals surface area contributed by atoms with Crippen molar-refractivity contribution in [1.82, 2.24) is 0 Å². The van der Waals surface area contributed by atoms with Crippen LogP contribution in [0.25, 0.3) is 0 Å². The van der Waals surface area contributed by atoms with E-state index in [2.05, 4.69) is 82.6 Å². The molecule has 116 valence electrons. The summed E-state index contributed by atoms with van der Waals surface area (Å²) in [6, 6.07) is 18.0. The van der Waals surface area contributed by atoms with E-state index in [9.17, 15) is 0 Å². The number of anilines is 2. The number of benzene rings is 2. The van der Waals surface area contributed by atoms with Gasteiger partial charge in [0.1, 0.15) is 0 Å². The van der Waals surface area contributed by atoms with Gasteiger partial charge in [-0.25, -0.2) is 0 Å². The Bertz CT molecular complexity index is 631. The third-order valence-electron chi connectivity index (χ3n) is 4.65. The van der Waals surface area contributed by atoms with E-state index in [0.717, 1.165) is 32.6 Å². The fourth-order valence-electron chi connectivity index (χ4n) is 3.26. The Morgan fingerprint density at radius 2 is 0.870 bits per heavy atom. The third-order valence-corrected chi connectivity index (χ3v) is 4.65. The second-order valence-electron chi connectivity index (χ2n) is 6.26. The van der Waals surface area contributed by atoms with Crippen LogP contribution in [0.1, 0.15) is 11.1 Å². The molecule has 2 aliphatic rings. The van der Waals surface area contributed by atoms with Crippen molar-refractivity contribution in [1.29, 1.82) is 0 Å². The van der Waals surface area contributed by atoms with Crippen molar-refractivity contribution in [2.24, 2.45) is 0 Å². The fourth-order valence-corrected chi connectivity index (χ4v) is 3.26. The maximum atomic E-state index is 2.38. The van der Waals surface area contributed by atoms with Gasteiger partial charge in [0.25, 0.3) is 0 Å². The topological polar surface area (TPSA) is 6.48 Å². The molecule has 23 heavy (non-hydrogen) atoms. The molecule has 0 saturated carbocycles. The SMILES string of the molecule is C1=CCN(c2ccc(Cc3ccc(N4CC=CC4)cc3)cc2)C1. The Balaban J connectivity index is 1.41. The van der Waals surface area contributed by atoms with Crippen LogP contribution in [0.3, 0.4) is 0 Å². The molecule has 0 aliphatic carbocycles. The molecule has 2 aliphatic heterocycles. The Kier molecular flexibility index (Phi) is 3.89. The summed E-state index contributed by atoms with van der Waals surface area (Å²) < 4.78 is 0. The Labute approximate surface area is 138 Å². The van der Waals surface area contributed by atoms with E-state index in [0.29, 0.717) is 0 Å². The summed E-state index contributed by atoms with van der Waals surface area (Å²) in [6.07, 6.45) is 9.91. The first-order chi connectivity index (χ1) is 11.4. The summed E-state index contributed by atoms with van der Waals surface area (Å²) in [5.74, 6) is 0. The van der Waals surface area contributed by atoms with E-state index in [1.54, 1.807) is 0 Å². The molecule has 2 aromatic carbocycles. The van der Waals surface area contributed by atoms with Gasteiger partial charge in [-0.2, -0.15) is 0 Å². The molecule has 2 heteroatoms. The van der Waals surface area contributed by atoms with Gasteiger partial charge in [-0.05, 0) is 41.8 Å². The summed E-state index contributed by atoms with van der Waals surface area (Å²) >= 11 is 0. The van der Waals surface area contributed by atoms with E-state index in [1.807, 2.05) is 0 Å². The van der Waals surface area contributed by atoms with Crippen LogP contribution in [0.5, 0.6) is 0 Å². The van der Waals surface area contributed by atoms with Gasteiger partial charge in [0.15, 0.2) is 0 Å². The Hall–Kier alpha value is -2.48. The van der Waals surface area contributed by atoms with Crippen LogP contribution in [0.2, 0.25) is 0 Å². The van der Waals surface area contributed by atoms with Crippen molar-refractivity contribution in [2.75, 3.05) is 36.0 Å². The summed E-state index contributed by atoms with van der Waals surface area (Å²) in [6.45, 7) is 4.14. The lowest BCUT2D eigenvalue weighted by molar-refractivity contribution is 1.00. The normalized spacial score (nSPS) is 16.5. The quantitative estimate of drug-likeness (QED) is 0.787. The Morgan fingerprint density at radius 3 is 1.22 bits per heavy atom. The first-order valence-corrected chi connectivity index (χ1v) is 8.36. The van der Waals surface area contributed by atoms with E-state index in [1.165, 1.54) is 22.5 Å². The van der Waals surface area contributed by atoms with Crippen molar-refractivity contribution in [3.63, 3.8) is 0 Å². The van der Waals surface area contributed by atoms with Gasteiger partial charge in [0.05, 0.1) is 0 Å². The number of rotatable bonds is 4. The molecule has 0 bridgehead atoms. The van der Waals surface area contributed by atoms with Crippen LogP contribution in [0.15, 0.2) is 72.8 Å². The molecule has 0 aromatic heterocycles. The highest BCUT2D eigenvalue weighted by molar-refractivity contribution is 5.52. The second-order valence-corrected chi connectivity index (χ2v) is 6.26. The summed E-state index contributed by atoms with van der Waals surface area (Å²) in [5.41, 5.74) is 5.37. The number of hydrogen-bond donors (Lipinski definition) is 0. The molecule has 0 radical (unpaired) electrons. The molecule has 0 unspecified atom stereocenters. The molecule has 0 atom stereocenters. The molecule has 2 aromatic rings. The predicted octanol–water partition coefficient (Wildman–Crippen LogP) is 4.03. The molecule has 0 amide bonds. The van der Waals surface area contributed by atoms with Crippen molar-refractivity contribution in [3.05, 3.63) is 84.0 Å². The van der Waals surface area contributed by atoms with Crippen LogP contribution in [0, 0.1) is 0 Å². The van der Waals surface area contributed by atoms with Gasteiger partial charge in [0.2, 0.25) is 0 Å². The van der Waals surface area contributed by atoms with E-state index in [-0.39, 0.29) is 0 Å². The monoisotopic (exact) mass is 302 g/mol. The molecule has 0 spiro atoms. The van der Waals surface area contributed by atoms with Gasteiger partial charge in [-0.1, -0.05) is 48.6 Å². The first-order valence-electron chi connectivity index (χ1n) is 8.36. The average Bonchev–Trinajstić information content (AvgIpc) is 3.30. The summed E-state index contributed by atoms with van der Waals surface area (Å²) in [4.78, 5) is 4.76. The smallest absolute Gasteiger partial charge is 0.0372 e.